The van der Waals surface area contributed by atoms with Crippen LogP contribution < -0.4 is 5.73 Å². The minimum absolute atomic E-state index is 0.280. The fourth-order valence-corrected chi connectivity index (χ4v) is 2.49. The molecule has 0 amide bonds. The highest BCUT2D eigenvalue weighted by Crippen LogP contribution is 2.22. The molecule has 0 fully saturated rings. The molecule has 0 aliphatic carbocycles. The predicted octanol–water partition coefficient (Wildman–Crippen LogP) is 2.99. The molecule has 0 saturated carbocycles. The number of para-hydroxylation sites is 1. The van der Waals surface area contributed by atoms with Crippen LogP contribution in [0.25, 0.3) is 10.9 Å². The van der Waals surface area contributed by atoms with Crippen LogP contribution in [0.2, 0.25) is 0 Å². The fourth-order valence-electron chi connectivity index (χ4n) is 2.49. The van der Waals surface area contributed by atoms with Crippen molar-refractivity contribution in [2.45, 2.75) is 32.7 Å². The Hall–Kier alpha value is -2.14. The van der Waals surface area contributed by atoms with Gasteiger partial charge < -0.3 is 15.2 Å². The van der Waals surface area contributed by atoms with Crippen LogP contribution in [0.15, 0.2) is 35.0 Å². The second-order valence-corrected chi connectivity index (χ2v) is 5.82. The Kier molecular flexibility index (Phi) is 3.75. The summed E-state index contributed by atoms with van der Waals surface area (Å²) in [5.41, 5.74) is 8.50. The van der Waals surface area contributed by atoms with Gasteiger partial charge in [-0.15, -0.1) is 0 Å². The SMILES string of the molecule is CC(C)Cc1noc([C@@H](N)Cc2c[nH]c3ccccc23)n1. The van der Waals surface area contributed by atoms with Crippen LogP contribution >= 0.6 is 0 Å². The van der Waals surface area contributed by atoms with Gasteiger partial charge in [0, 0.05) is 23.5 Å². The molecule has 0 spiro atoms. The molecule has 0 aliphatic heterocycles. The topological polar surface area (TPSA) is 80.7 Å². The monoisotopic (exact) mass is 284 g/mol. The molecule has 0 unspecified atom stereocenters. The lowest BCUT2D eigenvalue weighted by Gasteiger charge is -2.05. The molecule has 0 bridgehead atoms. The predicted molar refractivity (Wildman–Crippen MR) is 81.8 cm³/mol. The molecular formula is C16H20N4O. The van der Waals surface area contributed by atoms with E-state index in [1.165, 1.54) is 10.9 Å². The molecular weight excluding hydrogens is 264 g/mol. The molecule has 1 atom stereocenters. The Morgan fingerprint density at radius 3 is 2.86 bits per heavy atom. The van der Waals surface area contributed by atoms with Crippen molar-refractivity contribution in [3.8, 4) is 0 Å². The lowest BCUT2D eigenvalue weighted by molar-refractivity contribution is 0.349. The van der Waals surface area contributed by atoms with E-state index in [9.17, 15) is 0 Å². The van der Waals surface area contributed by atoms with E-state index < -0.39 is 0 Å². The highest BCUT2D eigenvalue weighted by atomic mass is 16.5. The number of aromatic nitrogens is 3. The third kappa shape index (κ3) is 2.97. The van der Waals surface area contributed by atoms with E-state index in [1.54, 1.807) is 0 Å². The molecule has 3 aromatic rings. The third-order valence-electron chi connectivity index (χ3n) is 3.51. The van der Waals surface area contributed by atoms with Crippen molar-refractivity contribution in [3.05, 3.63) is 47.7 Å². The van der Waals surface area contributed by atoms with Crippen LogP contribution in [-0.4, -0.2) is 15.1 Å². The molecule has 2 heterocycles. The number of hydrogen-bond acceptors (Lipinski definition) is 4. The maximum Gasteiger partial charge on any atom is 0.243 e. The number of H-pyrrole nitrogens is 1. The number of nitrogens with zero attached hydrogens (tertiary/aromatic N) is 2. The number of hydrogen-bond donors (Lipinski definition) is 2. The summed E-state index contributed by atoms with van der Waals surface area (Å²) in [6.45, 7) is 4.25. The molecule has 3 rings (SSSR count). The van der Waals surface area contributed by atoms with Crippen molar-refractivity contribution in [1.82, 2.24) is 15.1 Å². The van der Waals surface area contributed by atoms with Crippen molar-refractivity contribution < 1.29 is 4.52 Å². The first kappa shape index (κ1) is 13.8. The molecule has 0 saturated heterocycles. The van der Waals surface area contributed by atoms with E-state index in [2.05, 4.69) is 41.1 Å². The van der Waals surface area contributed by atoms with Gasteiger partial charge in [0.2, 0.25) is 5.89 Å². The summed E-state index contributed by atoms with van der Waals surface area (Å²) >= 11 is 0. The van der Waals surface area contributed by atoms with Crippen LogP contribution in [-0.2, 0) is 12.8 Å². The number of benzene rings is 1. The lowest BCUT2D eigenvalue weighted by atomic mass is 10.1. The molecule has 0 aliphatic rings. The normalized spacial score (nSPS) is 13.1. The van der Waals surface area contributed by atoms with E-state index in [0.29, 0.717) is 18.2 Å². The van der Waals surface area contributed by atoms with Crippen LogP contribution in [0.3, 0.4) is 0 Å². The van der Waals surface area contributed by atoms with E-state index in [4.69, 9.17) is 10.3 Å². The summed E-state index contributed by atoms with van der Waals surface area (Å²) < 4.78 is 5.29. The van der Waals surface area contributed by atoms with Crippen molar-refractivity contribution >= 4 is 10.9 Å². The van der Waals surface area contributed by atoms with Gasteiger partial charge in [-0.2, -0.15) is 4.98 Å². The Bertz CT molecular complexity index is 729. The van der Waals surface area contributed by atoms with Gasteiger partial charge >= 0.3 is 0 Å². The summed E-state index contributed by atoms with van der Waals surface area (Å²) in [6.07, 6.45) is 3.48. The molecule has 5 heteroatoms. The smallest absolute Gasteiger partial charge is 0.243 e. The van der Waals surface area contributed by atoms with Crippen molar-refractivity contribution in [2.24, 2.45) is 11.7 Å². The lowest BCUT2D eigenvalue weighted by Crippen LogP contribution is -2.13. The summed E-state index contributed by atoms with van der Waals surface area (Å²) in [7, 11) is 0. The Balaban J connectivity index is 1.76. The maximum absolute atomic E-state index is 6.21. The van der Waals surface area contributed by atoms with E-state index >= 15 is 0 Å². The highest BCUT2D eigenvalue weighted by molar-refractivity contribution is 5.83. The average molecular weight is 284 g/mol. The quantitative estimate of drug-likeness (QED) is 0.754. The number of nitrogens with one attached hydrogen (secondary N) is 1. The van der Waals surface area contributed by atoms with E-state index in [-0.39, 0.29) is 6.04 Å². The summed E-state index contributed by atoms with van der Waals surface area (Å²) in [5.74, 6) is 1.74. The number of nitrogens with two attached hydrogens (primary N) is 1. The Morgan fingerprint density at radius 2 is 2.05 bits per heavy atom. The highest BCUT2D eigenvalue weighted by Gasteiger charge is 2.17. The fraction of sp³-hybridized carbons (Fsp3) is 0.375. The maximum atomic E-state index is 6.21. The van der Waals surface area contributed by atoms with Crippen molar-refractivity contribution in [3.63, 3.8) is 0 Å². The van der Waals surface area contributed by atoms with Crippen LogP contribution in [0, 0.1) is 5.92 Å². The molecule has 1 aromatic carbocycles. The first-order valence-corrected chi connectivity index (χ1v) is 7.26. The van der Waals surface area contributed by atoms with Gasteiger partial charge in [0.1, 0.15) is 0 Å². The van der Waals surface area contributed by atoms with Gasteiger partial charge in [-0.05, 0) is 24.0 Å². The zero-order valence-electron chi connectivity index (χ0n) is 12.3. The van der Waals surface area contributed by atoms with Gasteiger partial charge in [0.25, 0.3) is 0 Å². The molecule has 2 aromatic heterocycles. The summed E-state index contributed by atoms with van der Waals surface area (Å²) in [4.78, 5) is 7.65. The largest absolute Gasteiger partial charge is 0.361 e. The van der Waals surface area contributed by atoms with Gasteiger partial charge in [0.15, 0.2) is 5.82 Å². The van der Waals surface area contributed by atoms with Gasteiger partial charge in [-0.1, -0.05) is 37.2 Å². The molecule has 5 nitrogen and oxygen atoms in total. The zero-order chi connectivity index (χ0) is 14.8. The minimum Gasteiger partial charge on any atom is -0.361 e. The molecule has 110 valence electrons. The second-order valence-electron chi connectivity index (χ2n) is 5.82. The van der Waals surface area contributed by atoms with E-state index in [1.807, 2.05) is 18.3 Å². The third-order valence-corrected chi connectivity index (χ3v) is 3.51. The Morgan fingerprint density at radius 1 is 1.24 bits per heavy atom. The minimum atomic E-state index is -0.280. The number of rotatable bonds is 5. The van der Waals surface area contributed by atoms with Gasteiger partial charge in [-0.3, -0.25) is 0 Å². The van der Waals surface area contributed by atoms with Crippen molar-refractivity contribution in [1.29, 1.82) is 0 Å². The van der Waals surface area contributed by atoms with Gasteiger partial charge in [-0.25, -0.2) is 0 Å². The summed E-state index contributed by atoms with van der Waals surface area (Å²) in [5, 5.41) is 5.18. The first-order valence-electron chi connectivity index (χ1n) is 7.26. The van der Waals surface area contributed by atoms with Crippen LogP contribution in [0.5, 0.6) is 0 Å². The van der Waals surface area contributed by atoms with E-state index in [0.717, 1.165) is 17.8 Å². The first-order chi connectivity index (χ1) is 10.1. The zero-order valence-corrected chi connectivity index (χ0v) is 12.3. The van der Waals surface area contributed by atoms with Crippen molar-refractivity contribution in [2.75, 3.05) is 0 Å². The molecule has 0 radical (unpaired) electrons. The summed E-state index contributed by atoms with van der Waals surface area (Å²) in [6, 6.07) is 7.90. The molecule has 3 N–H and O–H groups in total. The van der Waals surface area contributed by atoms with Crippen LogP contribution in [0.1, 0.15) is 37.2 Å². The average Bonchev–Trinajstić information content (AvgIpc) is 3.06. The van der Waals surface area contributed by atoms with Gasteiger partial charge in [0.05, 0.1) is 6.04 Å². The van der Waals surface area contributed by atoms with Crippen LogP contribution in [0.4, 0.5) is 0 Å². The Labute approximate surface area is 123 Å². The second kappa shape index (κ2) is 5.69. The molecule has 21 heavy (non-hydrogen) atoms. The number of aromatic amines is 1. The number of fused-ring (bicyclic) bond motifs is 1. The standard InChI is InChI=1S/C16H20N4O/c1-10(2)7-15-19-16(21-20-15)13(17)8-11-9-18-14-6-4-3-5-12(11)14/h3-6,9-10,13,18H,7-8,17H2,1-2H3/t13-/m0/s1.